The summed E-state index contributed by atoms with van der Waals surface area (Å²) < 4.78 is 5.97. The second kappa shape index (κ2) is 12.5. The second-order valence-corrected chi connectivity index (χ2v) is 11.2. The van der Waals surface area contributed by atoms with Gasteiger partial charge in [0.05, 0.1) is 5.56 Å². The molecule has 5 nitrogen and oxygen atoms in total. The summed E-state index contributed by atoms with van der Waals surface area (Å²) in [4.78, 5) is 14.6. The van der Waals surface area contributed by atoms with Gasteiger partial charge < -0.3 is 4.52 Å². The van der Waals surface area contributed by atoms with Crippen molar-refractivity contribution in [3.63, 3.8) is 0 Å². The van der Waals surface area contributed by atoms with E-state index in [-0.39, 0.29) is 0 Å². The molecule has 0 aliphatic heterocycles. The van der Waals surface area contributed by atoms with E-state index in [1.165, 1.54) is 0 Å². The Morgan fingerprint density at radius 2 is 0.638 bits per heavy atom. The van der Waals surface area contributed by atoms with Crippen LogP contribution in [0, 0.1) is 0 Å². The van der Waals surface area contributed by atoms with E-state index in [1.807, 2.05) is 109 Å². The molecule has 0 fully saturated rings. The monoisotopic (exact) mass is 604 g/mol. The van der Waals surface area contributed by atoms with Gasteiger partial charge in [0.15, 0.2) is 23.2 Å². The third-order valence-electron chi connectivity index (χ3n) is 8.12. The molecule has 0 amide bonds. The van der Waals surface area contributed by atoms with Crippen LogP contribution < -0.4 is 0 Å². The lowest BCUT2D eigenvalue weighted by Crippen LogP contribution is -2.00. The Labute approximate surface area is 272 Å². The highest BCUT2D eigenvalue weighted by atomic mass is 16.5. The molecule has 5 heteroatoms. The predicted octanol–water partition coefficient (Wildman–Crippen LogP) is 10.5. The molecule has 0 aliphatic rings. The topological polar surface area (TPSA) is 64.7 Å². The fraction of sp³-hybridized carbons (Fsp3) is 0. The Balaban J connectivity index is 1.14. The van der Waals surface area contributed by atoms with Crippen molar-refractivity contribution in [1.29, 1.82) is 0 Å². The number of hydrogen-bond acceptors (Lipinski definition) is 5. The first kappa shape index (κ1) is 28.0. The average molecular weight is 605 g/mol. The van der Waals surface area contributed by atoms with E-state index < -0.39 is 0 Å². The van der Waals surface area contributed by atoms with E-state index in [0.29, 0.717) is 17.5 Å². The van der Waals surface area contributed by atoms with Crippen molar-refractivity contribution >= 4 is 0 Å². The zero-order valence-electron chi connectivity index (χ0n) is 25.4. The Kier molecular flexibility index (Phi) is 7.46. The van der Waals surface area contributed by atoms with Crippen LogP contribution in [0.2, 0.25) is 0 Å². The summed E-state index contributed by atoms with van der Waals surface area (Å²) in [6.07, 6.45) is 0. The van der Waals surface area contributed by atoms with E-state index in [0.717, 1.165) is 61.5 Å². The van der Waals surface area contributed by atoms with Crippen LogP contribution in [0.5, 0.6) is 0 Å². The van der Waals surface area contributed by atoms with E-state index in [1.54, 1.807) is 0 Å². The highest BCUT2D eigenvalue weighted by molar-refractivity contribution is 5.90. The number of nitrogens with zero attached hydrogens (tertiary/aromatic N) is 4. The zero-order chi connectivity index (χ0) is 31.4. The maximum absolute atomic E-state index is 5.97. The normalized spacial score (nSPS) is 11.0. The van der Waals surface area contributed by atoms with Crippen molar-refractivity contribution in [2.45, 2.75) is 0 Å². The molecule has 0 unspecified atom stereocenters. The van der Waals surface area contributed by atoms with Crippen molar-refractivity contribution in [2.24, 2.45) is 0 Å². The molecule has 0 saturated carbocycles. The van der Waals surface area contributed by atoms with Crippen molar-refractivity contribution in [3.8, 4) is 79.0 Å². The molecule has 0 radical (unpaired) electrons. The highest BCUT2D eigenvalue weighted by Gasteiger charge is 2.21. The van der Waals surface area contributed by atoms with Crippen LogP contribution in [0.1, 0.15) is 0 Å². The van der Waals surface area contributed by atoms with Gasteiger partial charge in [0, 0.05) is 27.8 Å². The minimum atomic E-state index is 0.633. The first-order valence-electron chi connectivity index (χ1n) is 15.5. The largest absolute Gasteiger partial charge is 0.355 e. The molecule has 0 atom stereocenters. The quantitative estimate of drug-likeness (QED) is 0.181. The Bertz CT molecular complexity index is 2130. The molecular weight excluding hydrogens is 576 g/mol. The van der Waals surface area contributed by atoms with Gasteiger partial charge in [0.25, 0.3) is 0 Å². The van der Waals surface area contributed by atoms with Crippen LogP contribution in [0.25, 0.3) is 79.0 Å². The maximum Gasteiger partial charge on any atom is 0.175 e. The standard InChI is InChI=1S/C42H28N4O/c1-5-13-32(14-6-1)38-37(39(47-46-38)33-15-7-2-8-16-33)31-25-21-29(22-26-31)30-23-27-36(28-24-30)42-44-40(34-17-9-3-10-18-34)43-41(45-42)35-19-11-4-12-20-35/h1-28H. The number of hydrogen-bond donors (Lipinski definition) is 0. The highest BCUT2D eigenvalue weighted by Crippen LogP contribution is 2.40. The molecule has 0 spiro atoms. The maximum atomic E-state index is 5.97. The van der Waals surface area contributed by atoms with Crippen molar-refractivity contribution < 1.29 is 4.52 Å². The third kappa shape index (κ3) is 5.74. The lowest BCUT2D eigenvalue weighted by molar-refractivity contribution is 0.435. The second-order valence-electron chi connectivity index (χ2n) is 11.2. The van der Waals surface area contributed by atoms with Crippen LogP contribution in [0.4, 0.5) is 0 Å². The van der Waals surface area contributed by atoms with E-state index in [4.69, 9.17) is 19.5 Å². The summed E-state index contributed by atoms with van der Waals surface area (Å²) in [5, 5.41) is 4.52. The number of aromatic nitrogens is 4. The predicted molar refractivity (Wildman–Crippen MR) is 188 cm³/mol. The summed E-state index contributed by atoms with van der Waals surface area (Å²) in [7, 11) is 0. The number of benzene rings is 6. The van der Waals surface area contributed by atoms with Crippen LogP contribution in [-0.4, -0.2) is 20.1 Å². The fourth-order valence-electron chi connectivity index (χ4n) is 5.72. The Hall–Kier alpha value is -6.46. The summed E-state index contributed by atoms with van der Waals surface area (Å²) in [5.74, 6) is 2.68. The lowest BCUT2D eigenvalue weighted by atomic mass is 9.94. The van der Waals surface area contributed by atoms with Gasteiger partial charge in [-0.2, -0.15) is 0 Å². The van der Waals surface area contributed by atoms with Crippen LogP contribution in [0.3, 0.4) is 0 Å². The molecule has 0 N–H and O–H groups in total. The van der Waals surface area contributed by atoms with Gasteiger partial charge in [-0.05, 0) is 16.7 Å². The molecule has 0 aliphatic carbocycles. The molecule has 2 heterocycles. The zero-order valence-corrected chi connectivity index (χ0v) is 25.4. The van der Waals surface area contributed by atoms with Crippen molar-refractivity contribution in [3.05, 3.63) is 170 Å². The molecule has 47 heavy (non-hydrogen) atoms. The van der Waals surface area contributed by atoms with Crippen molar-refractivity contribution in [2.75, 3.05) is 0 Å². The van der Waals surface area contributed by atoms with Crippen LogP contribution in [0.15, 0.2) is 174 Å². The molecule has 222 valence electrons. The van der Waals surface area contributed by atoms with Crippen LogP contribution >= 0.6 is 0 Å². The molecular formula is C42H28N4O. The summed E-state index contributed by atoms with van der Waals surface area (Å²) in [5.41, 5.74) is 9.85. The van der Waals surface area contributed by atoms with Gasteiger partial charge in [0.2, 0.25) is 0 Å². The summed E-state index contributed by atoms with van der Waals surface area (Å²) in [6, 6.07) is 57.3. The van der Waals surface area contributed by atoms with Gasteiger partial charge >= 0.3 is 0 Å². The third-order valence-corrected chi connectivity index (χ3v) is 8.12. The summed E-state index contributed by atoms with van der Waals surface area (Å²) >= 11 is 0. The summed E-state index contributed by atoms with van der Waals surface area (Å²) in [6.45, 7) is 0. The van der Waals surface area contributed by atoms with Crippen LogP contribution in [-0.2, 0) is 0 Å². The van der Waals surface area contributed by atoms with Gasteiger partial charge in [-0.25, -0.2) is 15.0 Å². The van der Waals surface area contributed by atoms with Crippen molar-refractivity contribution in [1.82, 2.24) is 20.1 Å². The molecule has 0 bridgehead atoms. The molecule has 8 rings (SSSR count). The average Bonchev–Trinajstić information content (AvgIpc) is 3.62. The SMILES string of the molecule is c1ccc(-c2nc(-c3ccccc3)nc(-c3ccc(-c4ccc(-c5c(-c6ccccc6)noc5-c5ccccc5)cc4)cc3)n2)cc1. The smallest absolute Gasteiger partial charge is 0.175 e. The molecule has 8 aromatic rings. The molecule has 6 aromatic carbocycles. The molecule has 2 aromatic heterocycles. The van der Waals surface area contributed by atoms with E-state index >= 15 is 0 Å². The Morgan fingerprint density at radius 1 is 0.298 bits per heavy atom. The molecule has 0 saturated heterocycles. The minimum absolute atomic E-state index is 0.633. The lowest BCUT2D eigenvalue weighted by Gasteiger charge is -2.10. The first-order chi connectivity index (χ1) is 23.3. The van der Waals surface area contributed by atoms with E-state index in [9.17, 15) is 0 Å². The fourth-order valence-corrected chi connectivity index (χ4v) is 5.72. The van der Waals surface area contributed by atoms with Gasteiger partial charge in [-0.3, -0.25) is 0 Å². The van der Waals surface area contributed by atoms with Gasteiger partial charge in [-0.1, -0.05) is 175 Å². The number of rotatable bonds is 7. The first-order valence-corrected chi connectivity index (χ1v) is 15.5. The van der Waals surface area contributed by atoms with E-state index in [2.05, 4.69) is 65.8 Å². The Morgan fingerprint density at radius 3 is 1.09 bits per heavy atom. The van der Waals surface area contributed by atoms with Gasteiger partial charge in [0.1, 0.15) is 5.69 Å². The van der Waals surface area contributed by atoms with Gasteiger partial charge in [-0.15, -0.1) is 0 Å². The minimum Gasteiger partial charge on any atom is -0.355 e.